The van der Waals surface area contributed by atoms with Crippen LogP contribution in [0.25, 0.3) is 11.1 Å². The topological polar surface area (TPSA) is 105 Å². The predicted molar refractivity (Wildman–Crippen MR) is 133 cm³/mol. The number of hydrogen-bond donors (Lipinski definition) is 3. The fourth-order valence-electron chi connectivity index (χ4n) is 5.43. The Balaban J connectivity index is 1.29. The molecule has 186 valence electrons. The number of ether oxygens (including phenoxy) is 1. The molecule has 2 aliphatic rings. The molecular weight excluding hydrogens is 444 g/mol. The zero-order valence-electron chi connectivity index (χ0n) is 20.2. The number of fused-ring (bicyclic) bond motifs is 3. The van der Waals surface area contributed by atoms with Crippen LogP contribution in [0.4, 0.5) is 4.79 Å². The van der Waals surface area contributed by atoms with Crippen LogP contribution < -0.4 is 10.6 Å². The SMILES string of the molecule is CCCC[C@H](NC(=O)[C@H]1CCC[C@H]1CNC(=O)OCC1c2ccccc2-c2ccccc21)C(=O)O. The van der Waals surface area contributed by atoms with Gasteiger partial charge in [-0.2, -0.15) is 0 Å². The Kier molecular flexibility index (Phi) is 8.06. The first-order valence-corrected chi connectivity index (χ1v) is 12.6. The summed E-state index contributed by atoms with van der Waals surface area (Å²) in [6, 6.07) is 15.5. The number of carboxylic acids is 1. The van der Waals surface area contributed by atoms with E-state index in [0.29, 0.717) is 19.4 Å². The molecule has 7 heteroatoms. The summed E-state index contributed by atoms with van der Waals surface area (Å²) in [6.45, 7) is 2.57. The van der Waals surface area contributed by atoms with Crippen molar-refractivity contribution in [2.24, 2.45) is 11.8 Å². The summed E-state index contributed by atoms with van der Waals surface area (Å²) >= 11 is 0. The molecule has 2 amide bonds. The van der Waals surface area contributed by atoms with Crippen LogP contribution in [-0.2, 0) is 14.3 Å². The Morgan fingerprint density at radius 3 is 2.31 bits per heavy atom. The maximum absolute atomic E-state index is 12.8. The van der Waals surface area contributed by atoms with Gasteiger partial charge in [-0.25, -0.2) is 9.59 Å². The molecule has 2 aromatic carbocycles. The summed E-state index contributed by atoms with van der Waals surface area (Å²) < 4.78 is 5.61. The van der Waals surface area contributed by atoms with Gasteiger partial charge in [-0.1, -0.05) is 74.7 Å². The Bertz CT molecular complexity index is 1020. The third-order valence-electron chi connectivity index (χ3n) is 7.31. The van der Waals surface area contributed by atoms with Gasteiger partial charge in [0.15, 0.2) is 0 Å². The summed E-state index contributed by atoms with van der Waals surface area (Å²) in [6.07, 6.45) is 3.93. The van der Waals surface area contributed by atoms with Gasteiger partial charge in [0.1, 0.15) is 12.6 Å². The van der Waals surface area contributed by atoms with E-state index in [1.165, 1.54) is 11.1 Å². The number of nitrogens with one attached hydrogen (secondary N) is 2. The first kappa shape index (κ1) is 24.8. The normalized spacial score (nSPS) is 19.5. The van der Waals surface area contributed by atoms with Crippen molar-refractivity contribution in [2.75, 3.05) is 13.2 Å². The second-order valence-corrected chi connectivity index (χ2v) is 9.55. The van der Waals surface area contributed by atoms with E-state index in [4.69, 9.17) is 4.74 Å². The zero-order chi connectivity index (χ0) is 24.8. The average molecular weight is 479 g/mol. The lowest BCUT2D eigenvalue weighted by Gasteiger charge is -2.22. The number of carbonyl (C=O) groups excluding carboxylic acids is 2. The van der Waals surface area contributed by atoms with Crippen LogP contribution in [0.3, 0.4) is 0 Å². The molecule has 2 aromatic rings. The monoisotopic (exact) mass is 478 g/mol. The van der Waals surface area contributed by atoms with Gasteiger partial charge in [-0.15, -0.1) is 0 Å². The molecule has 2 aliphatic carbocycles. The Labute approximate surface area is 206 Å². The van der Waals surface area contributed by atoms with Crippen LogP contribution in [-0.4, -0.2) is 42.3 Å². The molecule has 0 aromatic heterocycles. The fraction of sp³-hybridized carbons (Fsp3) is 0.464. The second kappa shape index (κ2) is 11.4. The van der Waals surface area contributed by atoms with E-state index in [2.05, 4.69) is 34.9 Å². The number of amides is 2. The molecule has 1 saturated carbocycles. The van der Waals surface area contributed by atoms with E-state index in [-0.39, 0.29) is 30.3 Å². The third-order valence-corrected chi connectivity index (χ3v) is 7.31. The summed E-state index contributed by atoms with van der Waals surface area (Å²) in [5.41, 5.74) is 4.67. The van der Waals surface area contributed by atoms with Crippen LogP contribution in [0.5, 0.6) is 0 Å². The predicted octanol–water partition coefficient (Wildman–Crippen LogP) is 4.70. The van der Waals surface area contributed by atoms with Crippen molar-refractivity contribution in [1.29, 1.82) is 0 Å². The van der Waals surface area contributed by atoms with Crippen molar-refractivity contribution < 1.29 is 24.2 Å². The Hall–Kier alpha value is -3.35. The number of alkyl carbamates (subject to hydrolysis) is 1. The molecule has 7 nitrogen and oxygen atoms in total. The van der Waals surface area contributed by atoms with E-state index in [0.717, 1.165) is 36.8 Å². The zero-order valence-corrected chi connectivity index (χ0v) is 20.2. The van der Waals surface area contributed by atoms with Gasteiger partial charge in [0.2, 0.25) is 5.91 Å². The number of carboxylic acid groups (broad SMARTS) is 1. The van der Waals surface area contributed by atoms with Crippen LogP contribution in [0.1, 0.15) is 62.5 Å². The number of unbranched alkanes of at least 4 members (excludes halogenated alkanes) is 1. The minimum atomic E-state index is -1.00. The van der Waals surface area contributed by atoms with Gasteiger partial charge in [0.25, 0.3) is 0 Å². The smallest absolute Gasteiger partial charge is 0.407 e. The lowest BCUT2D eigenvalue weighted by atomic mass is 9.94. The van der Waals surface area contributed by atoms with Gasteiger partial charge in [-0.3, -0.25) is 4.79 Å². The third kappa shape index (κ3) is 5.66. The molecule has 3 atom stereocenters. The molecule has 0 aliphatic heterocycles. The number of benzene rings is 2. The lowest BCUT2D eigenvalue weighted by Crippen LogP contribution is -2.45. The minimum Gasteiger partial charge on any atom is -0.480 e. The van der Waals surface area contributed by atoms with Gasteiger partial charge in [0.05, 0.1) is 0 Å². The van der Waals surface area contributed by atoms with E-state index < -0.39 is 18.1 Å². The highest BCUT2D eigenvalue weighted by molar-refractivity contribution is 5.85. The summed E-state index contributed by atoms with van der Waals surface area (Å²) in [7, 11) is 0. The van der Waals surface area contributed by atoms with Gasteiger partial charge < -0.3 is 20.5 Å². The molecule has 0 bridgehead atoms. The van der Waals surface area contributed by atoms with Crippen molar-refractivity contribution in [3.8, 4) is 11.1 Å². The van der Waals surface area contributed by atoms with E-state index in [1.54, 1.807) is 0 Å². The standard InChI is InChI=1S/C28H34N2O5/c1-2-3-15-25(27(32)33)30-26(31)19-14-8-9-18(19)16-29-28(34)35-17-24-22-12-6-4-10-20(22)21-11-5-7-13-23(21)24/h4-7,10-13,18-19,24-25H,2-3,8-9,14-17H2,1H3,(H,29,34)(H,30,31)(H,32,33)/t18-,19-,25-/m0/s1. The number of aliphatic carboxylic acids is 1. The maximum atomic E-state index is 12.8. The quantitative estimate of drug-likeness (QED) is 0.459. The first-order valence-electron chi connectivity index (χ1n) is 12.6. The minimum absolute atomic E-state index is 0.00534. The highest BCUT2D eigenvalue weighted by Crippen LogP contribution is 2.44. The van der Waals surface area contributed by atoms with Crippen LogP contribution in [0.2, 0.25) is 0 Å². The molecule has 1 fully saturated rings. The molecule has 35 heavy (non-hydrogen) atoms. The highest BCUT2D eigenvalue weighted by Gasteiger charge is 2.35. The van der Waals surface area contributed by atoms with Gasteiger partial charge in [-0.05, 0) is 47.4 Å². The fourth-order valence-corrected chi connectivity index (χ4v) is 5.43. The average Bonchev–Trinajstić information content (AvgIpc) is 3.46. The molecule has 0 heterocycles. The van der Waals surface area contributed by atoms with E-state index >= 15 is 0 Å². The van der Waals surface area contributed by atoms with Crippen molar-refractivity contribution >= 4 is 18.0 Å². The second-order valence-electron chi connectivity index (χ2n) is 9.55. The van der Waals surface area contributed by atoms with Crippen LogP contribution >= 0.6 is 0 Å². The summed E-state index contributed by atoms with van der Waals surface area (Å²) in [5.74, 6) is -1.57. The molecule has 4 rings (SSSR count). The van der Waals surface area contributed by atoms with Crippen molar-refractivity contribution in [2.45, 2.75) is 57.4 Å². The number of rotatable bonds is 10. The molecular formula is C28H34N2O5. The summed E-state index contributed by atoms with van der Waals surface area (Å²) in [5, 5.41) is 15.0. The Morgan fingerprint density at radius 1 is 1.03 bits per heavy atom. The lowest BCUT2D eigenvalue weighted by molar-refractivity contribution is -0.142. The maximum Gasteiger partial charge on any atom is 0.407 e. The van der Waals surface area contributed by atoms with E-state index in [1.807, 2.05) is 31.2 Å². The highest BCUT2D eigenvalue weighted by atomic mass is 16.5. The largest absolute Gasteiger partial charge is 0.480 e. The Morgan fingerprint density at radius 2 is 1.69 bits per heavy atom. The van der Waals surface area contributed by atoms with Crippen molar-refractivity contribution in [3.05, 3.63) is 59.7 Å². The summed E-state index contributed by atoms with van der Waals surface area (Å²) in [4.78, 5) is 36.8. The van der Waals surface area contributed by atoms with Gasteiger partial charge in [0, 0.05) is 18.4 Å². The molecule has 0 spiro atoms. The molecule has 0 saturated heterocycles. The van der Waals surface area contributed by atoms with Crippen molar-refractivity contribution in [3.63, 3.8) is 0 Å². The molecule has 0 radical (unpaired) electrons. The van der Waals surface area contributed by atoms with Crippen LogP contribution in [0, 0.1) is 11.8 Å². The number of hydrogen-bond acceptors (Lipinski definition) is 4. The molecule has 3 N–H and O–H groups in total. The van der Waals surface area contributed by atoms with Crippen LogP contribution in [0.15, 0.2) is 48.5 Å². The van der Waals surface area contributed by atoms with E-state index in [9.17, 15) is 19.5 Å². The van der Waals surface area contributed by atoms with Crippen molar-refractivity contribution in [1.82, 2.24) is 10.6 Å². The molecule has 0 unspecified atom stereocenters. The first-order chi connectivity index (χ1) is 17.0. The van der Waals surface area contributed by atoms with Gasteiger partial charge >= 0.3 is 12.1 Å². The number of carbonyl (C=O) groups is 3.